The number of nitrogens with zero attached hydrogens (tertiary/aromatic N) is 3. The summed E-state index contributed by atoms with van der Waals surface area (Å²) in [5, 5.41) is 24.0. The number of allylic oxidation sites excluding steroid dienone is 3. The third-order valence-electron chi connectivity index (χ3n) is 9.24. The lowest BCUT2D eigenvalue weighted by atomic mass is 9.72. The quantitative estimate of drug-likeness (QED) is 0.284. The highest BCUT2D eigenvalue weighted by Crippen LogP contribution is 2.53. The Morgan fingerprint density at radius 1 is 1.33 bits per heavy atom. The van der Waals surface area contributed by atoms with E-state index in [4.69, 9.17) is 11.6 Å². The van der Waals surface area contributed by atoms with Crippen molar-refractivity contribution in [1.82, 2.24) is 9.80 Å². The van der Waals surface area contributed by atoms with Crippen molar-refractivity contribution in [2.75, 3.05) is 18.4 Å². The number of halogens is 1. The van der Waals surface area contributed by atoms with Crippen molar-refractivity contribution < 1.29 is 24.6 Å². The zero-order chi connectivity index (χ0) is 30.3. The number of carbonyl (C=O) groups excluding carboxylic acids is 2. The number of carboxylic acid groups (broad SMARTS) is 1. The number of aromatic carboxylic acids is 1. The van der Waals surface area contributed by atoms with E-state index in [1.807, 2.05) is 28.8 Å². The van der Waals surface area contributed by atoms with Crippen molar-refractivity contribution in [2.45, 2.75) is 80.8 Å². The number of hydrogen-bond donors (Lipinski definition) is 3. The van der Waals surface area contributed by atoms with Gasteiger partial charge in [0.05, 0.1) is 23.8 Å². The molecule has 4 aliphatic rings. The number of fused-ring (bicyclic) bond motifs is 1. The van der Waals surface area contributed by atoms with Gasteiger partial charge < -0.3 is 20.4 Å². The van der Waals surface area contributed by atoms with Gasteiger partial charge in [0, 0.05) is 40.4 Å². The Kier molecular flexibility index (Phi) is 8.90. The minimum atomic E-state index is -1.13. The topological polar surface area (TPSA) is 123 Å². The van der Waals surface area contributed by atoms with Gasteiger partial charge in [0.2, 0.25) is 5.91 Å². The molecule has 9 unspecified atom stereocenters. The molecule has 226 valence electrons. The van der Waals surface area contributed by atoms with Crippen molar-refractivity contribution in [2.24, 2.45) is 16.8 Å². The summed E-state index contributed by atoms with van der Waals surface area (Å²) in [5.74, 6) is -0.995. The minimum Gasteiger partial charge on any atom is -0.478 e. The van der Waals surface area contributed by atoms with Crippen molar-refractivity contribution in [1.29, 1.82) is 0 Å². The molecule has 9 nitrogen and oxygen atoms in total. The van der Waals surface area contributed by atoms with Crippen LogP contribution in [0.25, 0.3) is 0 Å². The molecular formula is C31H39ClN4O5S. The average Bonchev–Trinajstić information content (AvgIpc) is 3.45. The third-order valence-corrected chi connectivity index (χ3v) is 11.4. The molecular weight excluding hydrogens is 576 g/mol. The molecule has 5 rings (SSSR count). The molecule has 42 heavy (non-hydrogen) atoms. The molecule has 3 fully saturated rings. The predicted octanol–water partition coefficient (Wildman–Crippen LogP) is 4.03. The molecule has 0 saturated carbocycles. The van der Waals surface area contributed by atoms with Crippen molar-refractivity contribution >= 4 is 53.0 Å². The maximum Gasteiger partial charge on any atom is 0.335 e. The summed E-state index contributed by atoms with van der Waals surface area (Å²) in [7, 11) is 0. The van der Waals surface area contributed by atoms with Crippen LogP contribution in [0.4, 0.5) is 5.69 Å². The second-order valence-corrected chi connectivity index (χ2v) is 13.8. The summed E-state index contributed by atoms with van der Waals surface area (Å²) in [4.78, 5) is 47.1. The van der Waals surface area contributed by atoms with Gasteiger partial charge in [-0.3, -0.25) is 19.5 Å². The normalized spacial score (nSPS) is 35.2. The number of anilines is 1. The zero-order valence-electron chi connectivity index (χ0n) is 24.3. The third kappa shape index (κ3) is 5.42. The number of carboxylic acids is 1. The van der Waals surface area contributed by atoms with Crippen molar-refractivity contribution in [3.8, 4) is 0 Å². The molecule has 3 saturated heterocycles. The Bertz CT molecular complexity index is 1330. The van der Waals surface area contributed by atoms with Crippen LogP contribution in [-0.2, 0) is 9.59 Å². The molecule has 0 aromatic heterocycles. The largest absolute Gasteiger partial charge is 0.478 e. The summed E-state index contributed by atoms with van der Waals surface area (Å²) < 4.78 is 0. The number of benzene rings is 1. The van der Waals surface area contributed by atoms with Crippen LogP contribution in [0, 0.1) is 11.8 Å². The summed E-state index contributed by atoms with van der Waals surface area (Å²) in [6.45, 7) is 9.04. The number of aliphatic hydroxyl groups excluding tert-OH is 1. The van der Waals surface area contributed by atoms with E-state index < -0.39 is 23.7 Å². The van der Waals surface area contributed by atoms with Crippen LogP contribution in [0.3, 0.4) is 0 Å². The van der Waals surface area contributed by atoms with E-state index in [2.05, 4.69) is 35.1 Å². The molecule has 9 atom stereocenters. The first kappa shape index (κ1) is 30.8. The zero-order valence-corrected chi connectivity index (χ0v) is 25.9. The van der Waals surface area contributed by atoms with Gasteiger partial charge in [0.25, 0.3) is 5.91 Å². The highest BCUT2D eigenvalue weighted by molar-refractivity contribution is 8.00. The van der Waals surface area contributed by atoms with E-state index in [1.165, 1.54) is 12.1 Å². The first-order chi connectivity index (χ1) is 20.0. The maximum absolute atomic E-state index is 13.6. The first-order valence-electron chi connectivity index (χ1n) is 14.6. The standard InChI is InChI=1S/C31H39ClN4O5S/c1-5-33-31(19(4)37)27-17(2)26(18(3)36(27)30(31)41)42-24-14-25(35(16-24)15-20-9-11-22(32)12-10-20)28(38)34-23-8-6-7-21(13-23)29(39)40/h5-9,11-13,17-20,24-27,37H,10,14-16H2,1-4H3,(H,34,38)(H,39,40). The average molecular weight is 615 g/mol. The molecule has 1 aromatic carbocycles. The monoisotopic (exact) mass is 614 g/mol. The molecule has 0 spiro atoms. The highest BCUT2D eigenvalue weighted by atomic mass is 35.5. The number of nitrogens with one attached hydrogen (secondary N) is 1. The van der Waals surface area contributed by atoms with Gasteiger partial charge in [-0.15, -0.1) is 0 Å². The van der Waals surface area contributed by atoms with Crippen LogP contribution in [0.15, 0.2) is 52.5 Å². The molecule has 3 aliphatic heterocycles. The number of carbonyl (C=O) groups is 3. The molecule has 3 N–H and O–H groups in total. The number of hydrogen-bond acceptors (Lipinski definition) is 7. The summed E-state index contributed by atoms with van der Waals surface area (Å²) in [6.07, 6.45) is 8.15. The van der Waals surface area contributed by atoms with E-state index in [1.54, 1.807) is 32.2 Å². The van der Waals surface area contributed by atoms with Gasteiger partial charge in [-0.05, 0) is 75.9 Å². The van der Waals surface area contributed by atoms with Crippen LogP contribution >= 0.6 is 23.4 Å². The Balaban J connectivity index is 1.33. The minimum absolute atomic E-state index is 0.0185. The van der Waals surface area contributed by atoms with Crippen molar-refractivity contribution in [3.05, 3.63) is 53.1 Å². The highest BCUT2D eigenvalue weighted by Gasteiger charge is 2.71. The lowest BCUT2D eigenvalue weighted by molar-refractivity contribution is -0.168. The fourth-order valence-electron chi connectivity index (χ4n) is 7.28. The Morgan fingerprint density at radius 2 is 2.10 bits per heavy atom. The Morgan fingerprint density at radius 3 is 2.74 bits per heavy atom. The molecule has 1 aliphatic carbocycles. The lowest BCUT2D eigenvalue weighted by Gasteiger charge is -2.54. The van der Waals surface area contributed by atoms with E-state index in [-0.39, 0.29) is 51.8 Å². The summed E-state index contributed by atoms with van der Waals surface area (Å²) in [5.41, 5.74) is -0.561. The Labute approximate surface area is 256 Å². The number of thioether (sulfide) groups is 1. The van der Waals surface area contributed by atoms with Crippen molar-refractivity contribution in [3.63, 3.8) is 0 Å². The number of aliphatic imine (C=N–C) groups is 1. The number of rotatable bonds is 9. The van der Waals surface area contributed by atoms with E-state index in [0.717, 1.165) is 11.5 Å². The fraction of sp³-hybridized carbons (Fsp3) is 0.548. The smallest absolute Gasteiger partial charge is 0.335 e. The van der Waals surface area contributed by atoms with Crippen LogP contribution in [0.1, 0.15) is 50.9 Å². The number of likely N-dealkylation sites (tertiary alicyclic amines) is 1. The van der Waals surface area contributed by atoms with E-state index in [0.29, 0.717) is 25.2 Å². The van der Waals surface area contributed by atoms with E-state index in [9.17, 15) is 24.6 Å². The molecule has 0 bridgehead atoms. The van der Waals surface area contributed by atoms with Gasteiger partial charge >= 0.3 is 5.97 Å². The van der Waals surface area contributed by atoms with Gasteiger partial charge in [0.15, 0.2) is 5.54 Å². The molecule has 0 radical (unpaired) electrons. The molecule has 2 amide bonds. The van der Waals surface area contributed by atoms with Crippen LogP contribution in [0.2, 0.25) is 0 Å². The summed E-state index contributed by atoms with van der Waals surface area (Å²) in [6, 6.07) is 5.71. The molecule has 11 heteroatoms. The molecule has 1 aromatic rings. The number of aliphatic hydroxyl groups is 1. The SMILES string of the molecule is CC=NC1(C(C)O)C(=O)N2C(C)C(SC3CC(C(=O)Nc4cccc(C(=O)O)c4)N(CC4C=CC(Cl)=CC4)C3)C(C)C21. The summed E-state index contributed by atoms with van der Waals surface area (Å²) >= 11 is 7.98. The second-order valence-electron chi connectivity index (χ2n) is 11.9. The van der Waals surface area contributed by atoms with Crippen LogP contribution in [0.5, 0.6) is 0 Å². The fourth-order valence-corrected chi connectivity index (χ4v) is 9.21. The Hall–Kier alpha value is -2.66. The van der Waals surface area contributed by atoms with Gasteiger partial charge in [0.1, 0.15) is 0 Å². The predicted molar refractivity (Wildman–Crippen MR) is 166 cm³/mol. The first-order valence-corrected chi connectivity index (χ1v) is 15.9. The van der Waals surface area contributed by atoms with Crippen LogP contribution < -0.4 is 5.32 Å². The lowest BCUT2D eigenvalue weighted by Crippen LogP contribution is -2.76. The maximum atomic E-state index is 13.6. The van der Waals surface area contributed by atoms with E-state index >= 15 is 0 Å². The van der Waals surface area contributed by atoms with Gasteiger partial charge in [-0.1, -0.05) is 36.7 Å². The molecule has 3 heterocycles. The van der Waals surface area contributed by atoms with Gasteiger partial charge in [-0.25, -0.2) is 4.79 Å². The van der Waals surface area contributed by atoms with Crippen LogP contribution in [-0.4, -0.2) is 97.4 Å². The number of β-lactam (4-membered cyclic amide) rings is 1. The van der Waals surface area contributed by atoms with Gasteiger partial charge in [-0.2, -0.15) is 11.8 Å². The number of amides is 2. The second kappa shape index (κ2) is 12.1.